The predicted octanol–water partition coefficient (Wildman–Crippen LogP) is 3.01. The molecule has 34 heavy (non-hydrogen) atoms. The molecule has 0 aromatic heterocycles. The quantitative estimate of drug-likeness (QED) is 0.113. The van der Waals surface area contributed by atoms with Crippen LogP contribution < -0.4 is 5.32 Å². The van der Waals surface area contributed by atoms with E-state index in [0.29, 0.717) is 13.0 Å². The van der Waals surface area contributed by atoms with Crippen molar-refractivity contribution < 1.29 is 33.5 Å². The highest BCUT2D eigenvalue weighted by Gasteiger charge is 2.40. The summed E-state index contributed by atoms with van der Waals surface area (Å²) in [6.07, 6.45) is 6.81. The molecule has 1 N–H and O–H groups in total. The van der Waals surface area contributed by atoms with Gasteiger partial charge < -0.3 is 10.1 Å². The number of hydroxylamine groups is 2. The van der Waals surface area contributed by atoms with E-state index in [1.54, 1.807) is 6.92 Å². The molecule has 0 aromatic rings. The van der Waals surface area contributed by atoms with Crippen molar-refractivity contribution in [2.45, 2.75) is 97.8 Å². The zero-order valence-electron chi connectivity index (χ0n) is 21.2. The van der Waals surface area contributed by atoms with E-state index < -0.39 is 29.4 Å². The van der Waals surface area contributed by atoms with Gasteiger partial charge in [-0.2, -0.15) is 0 Å². The Morgan fingerprint density at radius 1 is 1.21 bits per heavy atom. The van der Waals surface area contributed by atoms with Crippen molar-refractivity contribution in [3.8, 4) is 0 Å². The molecule has 0 radical (unpaired) electrons. The van der Waals surface area contributed by atoms with Crippen LogP contribution in [0.3, 0.4) is 0 Å². The van der Waals surface area contributed by atoms with Gasteiger partial charge in [0.2, 0.25) is 12.0 Å². The third kappa shape index (κ3) is 13.0. The van der Waals surface area contributed by atoms with Gasteiger partial charge in [-0.1, -0.05) is 33.3 Å². The summed E-state index contributed by atoms with van der Waals surface area (Å²) in [7, 11) is 0. The Kier molecular flexibility index (Phi) is 14.6. The number of amides is 3. The van der Waals surface area contributed by atoms with Crippen LogP contribution in [0.5, 0.6) is 0 Å². The van der Waals surface area contributed by atoms with E-state index in [1.165, 1.54) is 18.1 Å². The monoisotopic (exact) mass is 481 g/mol. The second kappa shape index (κ2) is 15.9. The molecule has 1 aliphatic carbocycles. The van der Waals surface area contributed by atoms with E-state index in [-0.39, 0.29) is 24.3 Å². The number of nitrogens with one attached hydrogen (secondary N) is 1. The minimum absolute atomic E-state index is 0.000444. The van der Waals surface area contributed by atoms with Gasteiger partial charge in [-0.25, -0.2) is 14.7 Å². The van der Waals surface area contributed by atoms with Crippen LogP contribution in [-0.4, -0.2) is 59.1 Å². The second-order valence-corrected chi connectivity index (χ2v) is 8.88. The number of ether oxygens (including phenoxy) is 1. The molecule has 192 valence electrons. The van der Waals surface area contributed by atoms with Gasteiger partial charge in [0.05, 0.1) is 18.6 Å². The first-order chi connectivity index (χ1) is 15.9. The fourth-order valence-electron chi connectivity index (χ4n) is 2.78. The largest absolute Gasteiger partial charge is 0.457 e. The van der Waals surface area contributed by atoms with Gasteiger partial charge in [-0.3, -0.25) is 19.2 Å². The van der Waals surface area contributed by atoms with Crippen molar-refractivity contribution >= 4 is 29.8 Å². The third-order valence-corrected chi connectivity index (χ3v) is 4.57. The molecule has 0 spiro atoms. The molecule has 2 unspecified atom stereocenters. The number of hydrogen-bond acceptors (Lipinski definition) is 7. The Morgan fingerprint density at radius 2 is 1.82 bits per heavy atom. The second-order valence-electron chi connectivity index (χ2n) is 8.88. The number of isocyanates is 1. The molecule has 10 nitrogen and oxygen atoms in total. The third-order valence-electron chi connectivity index (χ3n) is 4.57. The number of nitrogens with zero attached hydrogens (tertiary/aromatic N) is 2. The molecular formula is C24H39N3O7. The summed E-state index contributed by atoms with van der Waals surface area (Å²) in [5, 5.41) is 3.81. The van der Waals surface area contributed by atoms with Crippen molar-refractivity contribution in [3.05, 3.63) is 12.7 Å². The molecule has 10 heteroatoms. The van der Waals surface area contributed by atoms with Crippen molar-refractivity contribution in [2.75, 3.05) is 6.61 Å². The maximum Gasteiger partial charge on any atom is 0.330 e. The van der Waals surface area contributed by atoms with Crippen LogP contribution >= 0.6 is 0 Å². The van der Waals surface area contributed by atoms with Gasteiger partial charge in [-0.15, -0.1) is 4.99 Å². The Labute approximate surface area is 202 Å². The van der Waals surface area contributed by atoms with E-state index in [1.807, 2.05) is 27.7 Å². The standard InChI is InChI=1S/C17H27N3O5.C7H12O2/c1-4-6-7-8-14(22)19-15(16(23)18-11-21)12(3)17(24)20(25-5-2)13-9-10-13;1-5-6(8)9-7(2,3)4/h12-13,15H,4-10H2,1-3H3,(H,19,22);5H,1H2,2-4H3. The Morgan fingerprint density at radius 3 is 2.24 bits per heavy atom. The number of carbonyl (C=O) groups is 4. The van der Waals surface area contributed by atoms with Crippen LogP contribution in [0.15, 0.2) is 17.6 Å². The smallest absolute Gasteiger partial charge is 0.330 e. The van der Waals surface area contributed by atoms with Crippen LogP contribution in [0.4, 0.5) is 0 Å². The Balaban J connectivity index is 0.00000102. The first-order valence-electron chi connectivity index (χ1n) is 11.6. The number of carbonyl (C=O) groups excluding carboxylic acids is 5. The van der Waals surface area contributed by atoms with Gasteiger partial charge in [0.1, 0.15) is 11.6 Å². The Hall–Kier alpha value is -2.84. The zero-order chi connectivity index (χ0) is 26.3. The van der Waals surface area contributed by atoms with Gasteiger partial charge in [0.25, 0.3) is 11.8 Å². The summed E-state index contributed by atoms with van der Waals surface area (Å²) >= 11 is 0. The molecule has 1 fully saturated rings. The van der Waals surface area contributed by atoms with Crippen molar-refractivity contribution in [2.24, 2.45) is 10.9 Å². The lowest BCUT2D eigenvalue weighted by atomic mass is 9.99. The number of unbranched alkanes of at least 4 members (excludes halogenated alkanes) is 2. The maximum absolute atomic E-state index is 12.7. The van der Waals surface area contributed by atoms with Crippen LogP contribution in [-0.2, 0) is 33.5 Å². The van der Waals surface area contributed by atoms with E-state index in [9.17, 15) is 24.0 Å². The highest BCUT2D eigenvalue weighted by atomic mass is 16.7. The fraction of sp³-hybridized carbons (Fsp3) is 0.708. The minimum atomic E-state index is -1.20. The fourth-order valence-corrected chi connectivity index (χ4v) is 2.78. The van der Waals surface area contributed by atoms with Crippen LogP contribution in [0.2, 0.25) is 0 Å². The lowest BCUT2D eigenvalue weighted by Crippen LogP contribution is -2.51. The molecule has 0 saturated heterocycles. The van der Waals surface area contributed by atoms with E-state index in [0.717, 1.165) is 31.8 Å². The van der Waals surface area contributed by atoms with Crippen molar-refractivity contribution in [1.29, 1.82) is 0 Å². The van der Waals surface area contributed by atoms with Crippen LogP contribution in [0.25, 0.3) is 0 Å². The lowest BCUT2D eigenvalue weighted by Gasteiger charge is -2.27. The molecule has 0 aliphatic heterocycles. The molecule has 0 bridgehead atoms. The van der Waals surface area contributed by atoms with Gasteiger partial charge >= 0.3 is 5.97 Å². The molecule has 2 atom stereocenters. The first kappa shape index (κ1) is 31.2. The molecule has 3 amide bonds. The summed E-state index contributed by atoms with van der Waals surface area (Å²) in [4.78, 5) is 66.1. The van der Waals surface area contributed by atoms with Gasteiger partial charge in [0.15, 0.2) is 0 Å². The van der Waals surface area contributed by atoms with Crippen LogP contribution in [0.1, 0.15) is 80.1 Å². The molecule has 0 aromatic carbocycles. The number of esters is 1. The molecular weight excluding hydrogens is 442 g/mol. The lowest BCUT2D eigenvalue weighted by molar-refractivity contribution is -0.193. The molecule has 1 aliphatic rings. The number of hydrogen-bond donors (Lipinski definition) is 1. The maximum atomic E-state index is 12.7. The number of aliphatic imine (C=N–C) groups is 1. The topological polar surface area (TPSA) is 131 Å². The molecule has 0 heterocycles. The summed E-state index contributed by atoms with van der Waals surface area (Å²) in [5.74, 6) is -2.90. The normalized spacial score (nSPS) is 14.3. The van der Waals surface area contributed by atoms with Gasteiger partial charge in [0, 0.05) is 12.5 Å². The average Bonchev–Trinajstić information content (AvgIpc) is 3.59. The summed E-state index contributed by atoms with van der Waals surface area (Å²) < 4.78 is 4.83. The van der Waals surface area contributed by atoms with Crippen LogP contribution in [0, 0.1) is 5.92 Å². The SMILES string of the molecule is C=CC(=O)OC(C)(C)C.CCCCCC(=O)NC(C(=O)N=C=O)C(C)C(=O)N(OCC)C1CC1. The predicted molar refractivity (Wildman–Crippen MR) is 126 cm³/mol. The highest BCUT2D eigenvalue weighted by molar-refractivity contribution is 5.95. The summed E-state index contributed by atoms with van der Waals surface area (Å²) in [5.41, 5.74) is -0.398. The average molecular weight is 482 g/mol. The minimum Gasteiger partial charge on any atom is -0.457 e. The van der Waals surface area contributed by atoms with E-state index >= 15 is 0 Å². The van der Waals surface area contributed by atoms with Crippen molar-refractivity contribution in [1.82, 2.24) is 10.4 Å². The summed E-state index contributed by atoms with van der Waals surface area (Å²) in [6.45, 7) is 14.3. The highest BCUT2D eigenvalue weighted by Crippen LogP contribution is 2.29. The van der Waals surface area contributed by atoms with Gasteiger partial charge in [-0.05, 0) is 47.0 Å². The van der Waals surface area contributed by atoms with E-state index in [2.05, 4.69) is 16.9 Å². The first-order valence-corrected chi connectivity index (χ1v) is 11.6. The molecule has 1 saturated carbocycles. The Bertz CT molecular complexity index is 750. The summed E-state index contributed by atoms with van der Waals surface area (Å²) in [6, 6.07) is -1.20. The number of rotatable bonds is 12. The zero-order valence-corrected chi connectivity index (χ0v) is 21.2. The van der Waals surface area contributed by atoms with Crippen molar-refractivity contribution in [3.63, 3.8) is 0 Å². The molecule has 1 rings (SSSR count). The van der Waals surface area contributed by atoms with E-state index in [4.69, 9.17) is 9.57 Å².